The summed E-state index contributed by atoms with van der Waals surface area (Å²) in [6.07, 6.45) is 3.78. The van der Waals surface area contributed by atoms with E-state index < -0.39 is 36.6 Å². The quantitative estimate of drug-likeness (QED) is 0.232. The van der Waals surface area contributed by atoms with Gasteiger partial charge in [-0.15, -0.1) is 0 Å². The molecule has 224 valence electrons. The second-order valence-corrected chi connectivity index (χ2v) is 11.3. The first-order valence-corrected chi connectivity index (χ1v) is 14.2. The highest BCUT2D eigenvalue weighted by atomic mass is 16.5. The van der Waals surface area contributed by atoms with Crippen LogP contribution in [0.25, 0.3) is 15.8 Å². The number of piperazine rings is 1. The Kier molecular flexibility index (Phi) is 9.93. The van der Waals surface area contributed by atoms with Gasteiger partial charge in [0.05, 0.1) is 24.8 Å². The van der Waals surface area contributed by atoms with E-state index in [1.807, 2.05) is 32.0 Å². The molecule has 2 aromatic rings. The number of furan rings is 1. The molecule has 3 amide bonds. The SMILES string of the molecule is [C-]#[N+]C(=CC(C)(C)N1CCN(C(C)=O)CC1)C(=O)N1CCC[C@@H]1COC(=O)N[C@@H](Cc1coc2ccccc12)B(O)O. The molecular weight excluding hydrogens is 541 g/mol. The van der Waals surface area contributed by atoms with Gasteiger partial charge in [0.2, 0.25) is 11.6 Å². The van der Waals surface area contributed by atoms with Crippen LogP contribution in [0.1, 0.15) is 39.2 Å². The maximum atomic E-state index is 13.4. The van der Waals surface area contributed by atoms with E-state index >= 15 is 0 Å². The first-order valence-electron chi connectivity index (χ1n) is 14.2. The minimum atomic E-state index is -1.84. The average molecular weight is 579 g/mol. The van der Waals surface area contributed by atoms with Gasteiger partial charge in [0.25, 0.3) is 5.91 Å². The molecule has 2 saturated heterocycles. The van der Waals surface area contributed by atoms with E-state index in [9.17, 15) is 24.4 Å². The minimum Gasteiger partial charge on any atom is -0.464 e. The Morgan fingerprint density at radius 2 is 1.93 bits per heavy atom. The summed E-state index contributed by atoms with van der Waals surface area (Å²) in [6.45, 7) is 15.9. The number of likely N-dealkylation sites (tertiary alicyclic amines) is 1. The van der Waals surface area contributed by atoms with E-state index in [-0.39, 0.29) is 24.6 Å². The first-order chi connectivity index (χ1) is 20.0. The summed E-state index contributed by atoms with van der Waals surface area (Å²) in [5.74, 6) is -1.43. The highest BCUT2D eigenvalue weighted by Gasteiger charge is 2.35. The molecule has 2 aliphatic rings. The predicted octanol–water partition coefficient (Wildman–Crippen LogP) is 1.82. The van der Waals surface area contributed by atoms with Crippen molar-refractivity contribution in [2.75, 3.05) is 39.3 Å². The molecule has 2 atom stereocenters. The van der Waals surface area contributed by atoms with Gasteiger partial charge >= 0.3 is 13.2 Å². The topological polar surface area (TPSA) is 140 Å². The Hall–Kier alpha value is -3.86. The van der Waals surface area contributed by atoms with E-state index in [1.54, 1.807) is 28.9 Å². The lowest BCUT2D eigenvalue weighted by Crippen LogP contribution is -2.55. The number of hydrogen-bond acceptors (Lipinski definition) is 8. The largest absolute Gasteiger partial charge is 0.475 e. The number of carbonyl (C=O) groups is 3. The van der Waals surface area contributed by atoms with Crippen LogP contribution < -0.4 is 5.32 Å². The molecule has 0 saturated carbocycles. The number of benzene rings is 1. The fourth-order valence-corrected chi connectivity index (χ4v) is 5.61. The molecule has 42 heavy (non-hydrogen) atoms. The van der Waals surface area contributed by atoms with Crippen molar-refractivity contribution in [1.29, 1.82) is 0 Å². The van der Waals surface area contributed by atoms with Crippen molar-refractivity contribution < 1.29 is 33.6 Å². The van der Waals surface area contributed by atoms with E-state index in [1.165, 1.54) is 6.26 Å². The highest BCUT2D eigenvalue weighted by molar-refractivity contribution is 6.43. The molecule has 0 bridgehead atoms. The summed E-state index contributed by atoms with van der Waals surface area (Å²) in [7, 11) is -1.84. The third-order valence-corrected chi connectivity index (χ3v) is 8.08. The number of alkyl carbamates (subject to hydrolysis) is 1. The molecule has 0 aliphatic carbocycles. The van der Waals surface area contributed by atoms with Crippen LogP contribution in [0.2, 0.25) is 0 Å². The van der Waals surface area contributed by atoms with Crippen molar-refractivity contribution in [2.24, 2.45) is 0 Å². The number of nitrogens with zero attached hydrogens (tertiary/aromatic N) is 4. The zero-order chi connectivity index (χ0) is 30.4. The van der Waals surface area contributed by atoms with Crippen LogP contribution in [0.15, 0.2) is 46.7 Å². The molecule has 2 aliphatic heterocycles. The zero-order valence-corrected chi connectivity index (χ0v) is 24.3. The van der Waals surface area contributed by atoms with Crippen LogP contribution in [0.3, 0.4) is 0 Å². The summed E-state index contributed by atoms with van der Waals surface area (Å²) in [6, 6.07) is 6.91. The van der Waals surface area contributed by atoms with Gasteiger partial charge in [-0.25, -0.2) is 9.64 Å². The molecule has 2 fully saturated rings. The van der Waals surface area contributed by atoms with Gasteiger partial charge in [-0.05, 0) is 44.7 Å². The number of para-hydroxylation sites is 1. The normalized spacial score (nSPS) is 19.0. The van der Waals surface area contributed by atoms with E-state index in [0.29, 0.717) is 56.7 Å². The summed E-state index contributed by atoms with van der Waals surface area (Å²) in [5.41, 5.74) is 0.781. The lowest BCUT2D eigenvalue weighted by molar-refractivity contribution is -0.131. The van der Waals surface area contributed by atoms with Crippen LogP contribution in [0.4, 0.5) is 4.79 Å². The number of amides is 3. The second-order valence-electron chi connectivity index (χ2n) is 11.3. The molecule has 1 aromatic heterocycles. The lowest BCUT2D eigenvalue weighted by atomic mass is 9.76. The van der Waals surface area contributed by atoms with Crippen molar-refractivity contribution in [3.05, 3.63) is 59.3 Å². The zero-order valence-electron chi connectivity index (χ0n) is 24.3. The fraction of sp³-hybridized carbons (Fsp3) is 0.517. The predicted molar refractivity (Wildman–Crippen MR) is 156 cm³/mol. The maximum Gasteiger partial charge on any atom is 0.475 e. The van der Waals surface area contributed by atoms with Gasteiger partial charge in [0.1, 0.15) is 12.2 Å². The molecule has 3 N–H and O–H groups in total. The summed E-state index contributed by atoms with van der Waals surface area (Å²) in [4.78, 5) is 46.8. The number of rotatable bonds is 9. The van der Waals surface area contributed by atoms with Crippen molar-refractivity contribution in [3.8, 4) is 0 Å². The van der Waals surface area contributed by atoms with E-state index in [2.05, 4.69) is 15.1 Å². The minimum absolute atomic E-state index is 0.00107. The molecule has 12 nitrogen and oxygen atoms in total. The summed E-state index contributed by atoms with van der Waals surface area (Å²) < 4.78 is 10.9. The Labute approximate surface area is 245 Å². The van der Waals surface area contributed by atoms with Crippen LogP contribution in [-0.2, 0) is 20.7 Å². The number of ether oxygens (including phenoxy) is 1. The Bertz CT molecular complexity index is 1360. The van der Waals surface area contributed by atoms with Gasteiger partial charge in [0, 0.05) is 50.6 Å². The standard InChI is InChI=1S/C29H38BN5O7/c1-20(36)33-12-14-34(15-13-33)29(2,3)17-24(31-4)27(37)35-11-7-8-22(35)19-42-28(38)32-26(30(39)40)16-21-18-41-25-10-6-5-9-23(21)25/h5-6,9-10,17-18,22,26,39-40H,7-8,11-16,19H2,1-3H3,(H,32,38)/t22-,26+/m1/s1. The van der Waals surface area contributed by atoms with Crippen molar-refractivity contribution in [1.82, 2.24) is 20.0 Å². The molecule has 0 unspecified atom stereocenters. The average Bonchev–Trinajstić information content (AvgIpc) is 3.61. The van der Waals surface area contributed by atoms with Gasteiger partial charge in [0.15, 0.2) is 0 Å². The molecule has 3 heterocycles. The first kappa shape index (κ1) is 31.1. The Morgan fingerprint density at radius 1 is 1.21 bits per heavy atom. The number of carbonyl (C=O) groups excluding carboxylic acids is 3. The molecule has 1 aromatic carbocycles. The van der Waals surface area contributed by atoms with Crippen LogP contribution >= 0.6 is 0 Å². The van der Waals surface area contributed by atoms with Gasteiger partial charge in [-0.2, -0.15) is 0 Å². The number of fused-ring (bicyclic) bond motifs is 1. The smallest absolute Gasteiger partial charge is 0.464 e. The Balaban J connectivity index is 1.34. The highest BCUT2D eigenvalue weighted by Crippen LogP contribution is 2.26. The van der Waals surface area contributed by atoms with Crippen molar-refractivity contribution in [3.63, 3.8) is 0 Å². The van der Waals surface area contributed by atoms with Gasteiger partial charge in [-0.1, -0.05) is 24.3 Å². The van der Waals surface area contributed by atoms with E-state index in [0.717, 1.165) is 5.39 Å². The molecular formula is C29H38BN5O7. The van der Waals surface area contributed by atoms with Crippen LogP contribution in [-0.4, -0.2) is 107 Å². The van der Waals surface area contributed by atoms with Crippen LogP contribution in [0, 0.1) is 6.57 Å². The van der Waals surface area contributed by atoms with Crippen molar-refractivity contribution in [2.45, 2.75) is 57.6 Å². The molecule has 0 radical (unpaired) electrons. The molecule has 4 rings (SSSR count). The van der Waals surface area contributed by atoms with E-state index in [4.69, 9.17) is 15.7 Å². The third-order valence-electron chi connectivity index (χ3n) is 8.08. The lowest BCUT2D eigenvalue weighted by Gasteiger charge is -2.43. The molecule has 13 heteroatoms. The number of hydrogen-bond donors (Lipinski definition) is 3. The van der Waals surface area contributed by atoms with Crippen molar-refractivity contribution >= 4 is 36.0 Å². The second kappa shape index (κ2) is 13.4. The van der Waals surface area contributed by atoms with Gasteiger partial charge in [-0.3, -0.25) is 14.5 Å². The summed E-state index contributed by atoms with van der Waals surface area (Å²) in [5, 5.41) is 23.1. The van der Waals surface area contributed by atoms with Gasteiger partial charge < -0.3 is 34.3 Å². The monoisotopic (exact) mass is 579 g/mol. The third kappa shape index (κ3) is 7.31. The summed E-state index contributed by atoms with van der Waals surface area (Å²) >= 11 is 0. The number of nitrogens with one attached hydrogen (secondary N) is 1. The maximum absolute atomic E-state index is 13.4. The molecule has 0 spiro atoms. The van der Waals surface area contributed by atoms with Crippen LogP contribution in [0.5, 0.6) is 0 Å². The fourth-order valence-electron chi connectivity index (χ4n) is 5.61. The Morgan fingerprint density at radius 3 is 2.60 bits per heavy atom.